The summed E-state index contributed by atoms with van der Waals surface area (Å²) >= 11 is 5.91. The molecular weight excluding hydrogens is 320 g/mol. The Morgan fingerprint density at radius 3 is 2.38 bits per heavy atom. The molecule has 1 aromatic rings. The van der Waals surface area contributed by atoms with Crippen LogP contribution in [0.5, 0.6) is 0 Å². The second-order valence-electron chi connectivity index (χ2n) is 6.75. The molecule has 1 heterocycles. The minimum atomic E-state index is 0.151. The lowest BCUT2D eigenvalue weighted by atomic mass is 10.1. The molecule has 4 nitrogen and oxygen atoms in total. The third-order valence-electron chi connectivity index (χ3n) is 4.73. The summed E-state index contributed by atoms with van der Waals surface area (Å²) < 4.78 is 0. The Morgan fingerprint density at radius 1 is 1.04 bits per heavy atom. The van der Waals surface area contributed by atoms with E-state index in [1.807, 2.05) is 29.2 Å². The van der Waals surface area contributed by atoms with Gasteiger partial charge >= 0.3 is 0 Å². The molecule has 24 heavy (non-hydrogen) atoms. The number of piperidine rings is 1. The van der Waals surface area contributed by atoms with Crippen LogP contribution in [-0.2, 0) is 6.54 Å². The van der Waals surface area contributed by atoms with Gasteiger partial charge in [-0.1, -0.05) is 43.0 Å². The first-order valence-electron chi connectivity index (χ1n) is 9.21. The van der Waals surface area contributed by atoms with Gasteiger partial charge in [0.2, 0.25) is 0 Å². The van der Waals surface area contributed by atoms with Gasteiger partial charge in [-0.3, -0.25) is 5.41 Å². The van der Waals surface area contributed by atoms with Gasteiger partial charge in [-0.2, -0.15) is 0 Å². The quantitative estimate of drug-likeness (QED) is 0.401. The lowest BCUT2D eigenvalue weighted by Gasteiger charge is -2.26. The van der Waals surface area contributed by atoms with Crippen LogP contribution >= 0.6 is 11.6 Å². The predicted octanol–water partition coefficient (Wildman–Crippen LogP) is 4.08. The molecule has 1 fully saturated rings. The van der Waals surface area contributed by atoms with Gasteiger partial charge in [0.05, 0.1) is 0 Å². The first-order valence-corrected chi connectivity index (χ1v) is 9.59. The minimum absolute atomic E-state index is 0.151. The largest absolute Gasteiger partial charge is 0.370 e. The Hall–Kier alpha value is -1.26. The summed E-state index contributed by atoms with van der Waals surface area (Å²) in [5.74, 6) is 0.151. The van der Waals surface area contributed by atoms with Crippen LogP contribution in [0, 0.1) is 5.41 Å². The molecule has 0 unspecified atom stereocenters. The van der Waals surface area contributed by atoms with Gasteiger partial charge in [0.15, 0.2) is 5.96 Å². The Morgan fingerprint density at radius 2 is 1.71 bits per heavy atom. The number of benzene rings is 1. The number of hydrogen-bond acceptors (Lipinski definition) is 2. The fourth-order valence-corrected chi connectivity index (χ4v) is 3.40. The summed E-state index contributed by atoms with van der Waals surface area (Å²) in [5.41, 5.74) is 6.87. The number of nitrogens with two attached hydrogens (primary N) is 1. The maximum absolute atomic E-state index is 7.76. The zero-order chi connectivity index (χ0) is 17.2. The van der Waals surface area contributed by atoms with Crippen LogP contribution in [0.25, 0.3) is 0 Å². The number of nitrogens with one attached hydrogen (secondary N) is 1. The molecule has 3 N–H and O–H groups in total. The molecule has 134 valence electrons. The van der Waals surface area contributed by atoms with Crippen molar-refractivity contribution in [3.05, 3.63) is 34.9 Å². The van der Waals surface area contributed by atoms with E-state index >= 15 is 0 Å². The summed E-state index contributed by atoms with van der Waals surface area (Å²) in [6.45, 7) is 5.36. The molecule has 0 saturated carbocycles. The standard InChI is InChI=1S/C19H31ClN4/c20-18-10-8-17(9-11-18)16-24(19(21)22)15-7-2-1-4-12-23-13-5-3-6-14-23/h8-11H,1-7,12-16H2,(H3,21,22). The van der Waals surface area contributed by atoms with E-state index in [1.54, 1.807) is 0 Å². The van der Waals surface area contributed by atoms with Crippen LogP contribution < -0.4 is 5.73 Å². The molecule has 0 spiro atoms. The minimum Gasteiger partial charge on any atom is -0.370 e. The molecule has 2 rings (SSSR count). The number of likely N-dealkylation sites (tertiary alicyclic amines) is 1. The Labute approximate surface area is 151 Å². The van der Waals surface area contributed by atoms with E-state index in [1.165, 1.54) is 58.2 Å². The first-order chi connectivity index (χ1) is 11.6. The van der Waals surface area contributed by atoms with E-state index in [2.05, 4.69) is 4.90 Å². The molecular formula is C19H31ClN4. The van der Waals surface area contributed by atoms with Gasteiger partial charge in [0, 0.05) is 18.1 Å². The SMILES string of the molecule is N=C(N)N(CCCCCCN1CCCCC1)Cc1ccc(Cl)cc1. The highest BCUT2D eigenvalue weighted by Crippen LogP contribution is 2.13. The molecule has 1 aliphatic rings. The van der Waals surface area contributed by atoms with E-state index in [0.717, 1.165) is 23.6 Å². The molecule has 5 heteroatoms. The van der Waals surface area contributed by atoms with E-state index < -0.39 is 0 Å². The van der Waals surface area contributed by atoms with Gasteiger partial charge < -0.3 is 15.5 Å². The first kappa shape index (κ1) is 19.1. The number of rotatable bonds is 9. The molecule has 0 atom stereocenters. The molecule has 0 aromatic heterocycles. The molecule has 1 aliphatic heterocycles. The predicted molar refractivity (Wildman–Crippen MR) is 103 cm³/mol. The maximum Gasteiger partial charge on any atom is 0.188 e. The van der Waals surface area contributed by atoms with Crippen LogP contribution in [0.4, 0.5) is 0 Å². The summed E-state index contributed by atoms with van der Waals surface area (Å²) in [4.78, 5) is 4.54. The fourth-order valence-electron chi connectivity index (χ4n) is 3.27. The number of guanidine groups is 1. The van der Waals surface area contributed by atoms with Gasteiger partial charge in [-0.05, 0) is 63.0 Å². The van der Waals surface area contributed by atoms with E-state index in [-0.39, 0.29) is 5.96 Å². The second-order valence-corrected chi connectivity index (χ2v) is 7.19. The van der Waals surface area contributed by atoms with Crippen molar-refractivity contribution in [2.24, 2.45) is 5.73 Å². The van der Waals surface area contributed by atoms with Crippen LogP contribution in [0.3, 0.4) is 0 Å². The van der Waals surface area contributed by atoms with Gasteiger partial charge in [0.1, 0.15) is 0 Å². The number of nitrogens with zero attached hydrogens (tertiary/aromatic N) is 2. The Bertz CT molecular complexity index is 483. The van der Waals surface area contributed by atoms with Crippen LogP contribution in [-0.4, -0.2) is 41.9 Å². The average Bonchev–Trinajstić information content (AvgIpc) is 2.59. The maximum atomic E-state index is 7.76. The highest BCUT2D eigenvalue weighted by molar-refractivity contribution is 6.30. The zero-order valence-electron chi connectivity index (χ0n) is 14.6. The van der Waals surface area contributed by atoms with Crippen molar-refractivity contribution >= 4 is 17.6 Å². The van der Waals surface area contributed by atoms with Crippen LogP contribution in [0.1, 0.15) is 50.5 Å². The summed E-state index contributed by atoms with van der Waals surface area (Å²) in [7, 11) is 0. The van der Waals surface area contributed by atoms with Crippen molar-refractivity contribution in [2.75, 3.05) is 26.2 Å². The molecule has 0 amide bonds. The Kier molecular flexibility index (Phi) is 8.40. The van der Waals surface area contributed by atoms with Gasteiger partial charge in [-0.15, -0.1) is 0 Å². The average molecular weight is 351 g/mol. The van der Waals surface area contributed by atoms with Crippen LogP contribution in [0.2, 0.25) is 5.02 Å². The number of hydrogen-bond donors (Lipinski definition) is 2. The zero-order valence-corrected chi connectivity index (χ0v) is 15.4. The molecule has 1 saturated heterocycles. The molecule has 1 aromatic carbocycles. The van der Waals surface area contributed by atoms with E-state index in [4.69, 9.17) is 22.7 Å². The third-order valence-corrected chi connectivity index (χ3v) is 4.98. The lowest BCUT2D eigenvalue weighted by Crippen LogP contribution is -2.36. The molecule has 0 aliphatic carbocycles. The summed E-state index contributed by atoms with van der Waals surface area (Å²) in [6.07, 6.45) is 9.01. The topological polar surface area (TPSA) is 56.4 Å². The van der Waals surface area contributed by atoms with Crippen molar-refractivity contribution in [1.82, 2.24) is 9.80 Å². The van der Waals surface area contributed by atoms with E-state index in [0.29, 0.717) is 6.54 Å². The monoisotopic (exact) mass is 350 g/mol. The normalized spacial score (nSPS) is 15.4. The summed E-state index contributed by atoms with van der Waals surface area (Å²) in [6, 6.07) is 7.76. The smallest absolute Gasteiger partial charge is 0.188 e. The van der Waals surface area contributed by atoms with Gasteiger partial charge in [-0.25, -0.2) is 0 Å². The van der Waals surface area contributed by atoms with E-state index in [9.17, 15) is 0 Å². The van der Waals surface area contributed by atoms with Crippen LogP contribution in [0.15, 0.2) is 24.3 Å². The highest BCUT2D eigenvalue weighted by atomic mass is 35.5. The summed E-state index contributed by atoms with van der Waals surface area (Å²) in [5, 5.41) is 8.50. The molecule has 0 radical (unpaired) electrons. The van der Waals surface area contributed by atoms with Crippen molar-refractivity contribution in [3.8, 4) is 0 Å². The van der Waals surface area contributed by atoms with Gasteiger partial charge in [0.25, 0.3) is 0 Å². The molecule has 0 bridgehead atoms. The number of halogens is 1. The fraction of sp³-hybridized carbons (Fsp3) is 0.632. The Balaban J connectivity index is 1.60. The van der Waals surface area contributed by atoms with Crippen molar-refractivity contribution in [2.45, 2.75) is 51.5 Å². The van der Waals surface area contributed by atoms with Crippen molar-refractivity contribution < 1.29 is 0 Å². The third kappa shape index (κ3) is 7.10. The lowest BCUT2D eigenvalue weighted by molar-refractivity contribution is 0.223. The van der Waals surface area contributed by atoms with Crippen molar-refractivity contribution in [1.29, 1.82) is 5.41 Å². The highest BCUT2D eigenvalue weighted by Gasteiger charge is 2.10. The van der Waals surface area contributed by atoms with Crippen molar-refractivity contribution in [3.63, 3.8) is 0 Å². The second kappa shape index (κ2) is 10.6. The number of unbranched alkanes of at least 4 members (excludes halogenated alkanes) is 3.